The molecular weight excluding hydrogens is 224 g/mol. The van der Waals surface area contributed by atoms with Gasteiger partial charge in [0.2, 0.25) is 0 Å². The van der Waals surface area contributed by atoms with E-state index in [0.29, 0.717) is 0 Å². The molecule has 0 amide bonds. The van der Waals surface area contributed by atoms with Crippen LogP contribution in [0.3, 0.4) is 0 Å². The quantitative estimate of drug-likeness (QED) is 0.733. The van der Waals surface area contributed by atoms with Crippen LogP contribution in [-0.2, 0) is 19.1 Å². The molecule has 2 bridgehead atoms. The molecule has 0 saturated carbocycles. The van der Waals surface area contributed by atoms with E-state index >= 15 is 0 Å². The fraction of sp³-hybridized carbons (Fsp3) is 0.833. The van der Waals surface area contributed by atoms with E-state index in [9.17, 15) is 9.59 Å². The molecule has 0 aromatic heterocycles. The van der Waals surface area contributed by atoms with Crippen LogP contribution in [0.15, 0.2) is 0 Å². The topological polar surface area (TPSA) is 72.8 Å². The predicted octanol–water partition coefficient (Wildman–Crippen LogP) is 1.21. The predicted molar refractivity (Wildman–Crippen MR) is 58.4 cm³/mol. The van der Waals surface area contributed by atoms with E-state index in [1.165, 1.54) is 7.11 Å². The number of hydrogen-bond acceptors (Lipinski definition) is 4. The van der Waals surface area contributed by atoms with Gasteiger partial charge in [-0.25, -0.2) is 0 Å². The Labute approximate surface area is 100 Å². The third kappa shape index (κ3) is 2.77. The van der Waals surface area contributed by atoms with Gasteiger partial charge in [0, 0.05) is 12.8 Å². The SMILES string of the molecule is COC(=O)CC(CC(=O)O)C1CC2CCC1O2. The molecule has 2 heterocycles. The largest absolute Gasteiger partial charge is 0.481 e. The molecule has 0 spiro atoms. The summed E-state index contributed by atoms with van der Waals surface area (Å²) in [6.45, 7) is 0. The Bertz CT molecular complexity index is 314. The molecule has 2 rings (SSSR count). The molecule has 1 N–H and O–H groups in total. The van der Waals surface area contributed by atoms with Gasteiger partial charge in [-0.15, -0.1) is 0 Å². The van der Waals surface area contributed by atoms with E-state index in [0.717, 1.165) is 19.3 Å². The first-order chi connectivity index (χ1) is 8.10. The summed E-state index contributed by atoms with van der Waals surface area (Å²) in [5.74, 6) is -1.15. The maximum atomic E-state index is 11.3. The van der Waals surface area contributed by atoms with Crippen LogP contribution >= 0.6 is 0 Å². The van der Waals surface area contributed by atoms with E-state index in [1.807, 2.05) is 0 Å². The Hall–Kier alpha value is -1.10. The smallest absolute Gasteiger partial charge is 0.305 e. The lowest BCUT2D eigenvalue weighted by molar-refractivity contribution is -0.144. The number of carboxylic acid groups (broad SMARTS) is 1. The maximum absolute atomic E-state index is 11.3. The highest BCUT2D eigenvalue weighted by Crippen LogP contribution is 2.44. The second-order valence-corrected chi connectivity index (χ2v) is 4.91. The van der Waals surface area contributed by atoms with E-state index in [4.69, 9.17) is 9.84 Å². The Morgan fingerprint density at radius 3 is 2.65 bits per heavy atom. The van der Waals surface area contributed by atoms with Crippen LogP contribution in [0.5, 0.6) is 0 Å². The normalized spacial score (nSPS) is 32.4. The molecule has 2 aliphatic heterocycles. The van der Waals surface area contributed by atoms with Crippen molar-refractivity contribution in [1.29, 1.82) is 0 Å². The summed E-state index contributed by atoms with van der Waals surface area (Å²) in [7, 11) is 1.33. The summed E-state index contributed by atoms with van der Waals surface area (Å²) in [5, 5.41) is 8.91. The van der Waals surface area contributed by atoms with Gasteiger partial charge >= 0.3 is 11.9 Å². The molecule has 4 atom stereocenters. The summed E-state index contributed by atoms with van der Waals surface area (Å²) in [5.41, 5.74) is 0. The zero-order valence-electron chi connectivity index (χ0n) is 9.93. The average molecular weight is 242 g/mol. The number of rotatable bonds is 5. The Balaban J connectivity index is 1.99. The zero-order chi connectivity index (χ0) is 12.4. The second kappa shape index (κ2) is 5.04. The molecule has 2 aliphatic rings. The lowest BCUT2D eigenvalue weighted by Crippen LogP contribution is -2.29. The number of fused-ring (bicyclic) bond motifs is 2. The van der Waals surface area contributed by atoms with Crippen molar-refractivity contribution in [3.63, 3.8) is 0 Å². The standard InChI is InChI=1S/C12H18O5/c1-16-12(15)5-7(4-11(13)14)9-6-8-2-3-10(9)17-8/h7-10H,2-6H2,1H3,(H,13,14). The molecule has 4 unspecified atom stereocenters. The van der Waals surface area contributed by atoms with Gasteiger partial charge in [0.15, 0.2) is 0 Å². The number of ether oxygens (including phenoxy) is 2. The van der Waals surface area contributed by atoms with E-state index in [1.54, 1.807) is 0 Å². The number of carbonyl (C=O) groups excluding carboxylic acids is 1. The Kier molecular flexibility index (Phi) is 3.66. The molecule has 0 radical (unpaired) electrons. The Morgan fingerprint density at radius 2 is 2.18 bits per heavy atom. The zero-order valence-corrected chi connectivity index (χ0v) is 9.93. The van der Waals surface area contributed by atoms with Gasteiger partial charge in [-0.1, -0.05) is 0 Å². The van der Waals surface area contributed by atoms with Crippen molar-refractivity contribution in [2.24, 2.45) is 11.8 Å². The molecule has 5 heteroatoms. The third-order valence-electron chi connectivity index (χ3n) is 3.85. The van der Waals surface area contributed by atoms with Crippen molar-refractivity contribution in [3.05, 3.63) is 0 Å². The minimum atomic E-state index is -0.860. The fourth-order valence-electron chi connectivity index (χ4n) is 3.07. The molecule has 2 saturated heterocycles. The van der Waals surface area contributed by atoms with Crippen LogP contribution in [0.2, 0.25) is 0 Å². The number of aliphatic carboxylic acids is 1. The highest BCUT2D eigenvalue weighted by Gasteiger charge is 2.45. The molecule has 0 aliphatic carbocycles. The average Bonchev–Trinajstić information content (AvgIpc) is 2.88. The van der Waals surface area contributed by atoms with Gasteiger partial charge in [0.1, 0.15) is 0 Å². The highest BCUT2D eigenvalue weighted by molar-refractivity contribution is 5.72. The molecule has 17 heavy (non-hydrogen) atoms. The maximum Gasteiger partial charge on any atom is 0.305 e. The van der Waals surface area contributed by atoms with Gasteiger partial charge < -0.3 is 14.6 Å². The van der Waals surface area contributed by atoms with Crippen LogP contribution in [0.1, 0.15) is 32.1 Å². The van der Waals surface area contributed by atoms with Crippen LogP contribution in [0.4, 0.5) is 0 Å². The number of carbonyl (C=O) groups is 2. The molecule has 0 aromatic carbocycles. The molecular formula is C12H18O5. The lowest BCUT2D eigenvalue weighted by atomic mass is 9.77. The van der Waals surface area contributed by atoms with Crippen molar-refractivity contribution in [2.45, 2.75) is 44.3 Å². The lowest BCUT2D eigenvalue weighted by Gasteiger charge is -2.26. The summed E-state index contributed by atoms with van der Waals surface area (Å²) in [4.78, 5) is 22.2. The first kappa shape index (κ1) is 12.4. The van der Waals surface area contributed by atoms with Gasteiger partial charge in [-0.2, -0.15) is 0 Å². The van der Waals surface area contributed by atoms with Crippen molar-refractivity contribution in [2.75, 3.05) is 7.11 Å². The summed E-state index contributed by atoms with van der Waals surface area (Å²) in [6, 6.07) is 0. The van der Waals surface area contributed by atoms with Crippen LogP contribution in [0, 0.1) is 11.8 Å². The van der Waals surface area contributed by atoms with Crippen molar-refractivity contribution in [1.82, 2.24) is 0 Å². The molecule has 5 nitrogen and oxygen atoms in total. The van der Waals surface area contributed by atoms with Gasteiger partial charge in [-0.3, -0.25) is 9.59 Å². The summed E-state index contributed by atoms with van der Waals surface area (Å²) >= 11 is 0. The van der Waals surface area contributed by atoms with Crippen LogP contribution in [0.25, 0.3) is 0 Å². The van der Waals surface area contributed by atoms with Gasteiger partial charge in [-0.05, 0) is 31.1 Å². The van der Waals surface area contributed by atoms with Crippen molar-refractivity contribution >= 4 is 11.9 Å². The van der Waals surface area contributed by atoms with Gasteiger partial charge in [0.05, 0.1) is 19.3 Å². The minimum Gasteiger partial charge on any atom is -0.481 e. The second-order valence-electron chi connectivity index (χ2n) is 4.91. The van der Waals surface area contributed by atoms with E-state index in [-0.39, 0.29) is 42.9 Å². The first-order valence-electron chi connectivity index (χ1n) is 6.04. The number of carboxylic acids is 1. The van der Waals surface area contributed by atoms with Gasteiger partial charge in [0.25, 0.3) is 0 Å². The van der Waals surface area contributed by atoms with Crippen LogP contribution in [-0.4, -0.2) is 36.4 Å². The third-order valence-corrected chi connectivity index (χ3v) is 3.85. The highest BCUT2D eigenvalue weighted by atomic mass is 16.5. The fourth-order valence-corrected chi connectivity index (χ4v) is 3.07. The minimum absolute atomic E-state index is 0.0202. The molecule has 2 fully saturated rings. The Morgan fingerprint density at radius 1 is 1.41 bits per heavy atom. The summed E-state index contributed by atoms with van der Waals surface area (Å²) < 4.78 is 10.3. The molecule has 96 valence electrons. The number of esters is 1. The first-order valence-corrected chi connectivity index (χ1v) is 6.04. The van der Waals surface area contributed by atoms with E-state index in [2.05, 4.69) is 4.74 Å². The monoisotopic (exact) mass is 242 g/mol. The van der Waals surface area contributed by atoms with Crippen LogP contribution < -0.4 is 0 Å². The van der Waals surface area contributed by atoms with Crippen molar-refractivity contribution < 1.29 is 24.2 Å². The summed E-state index contributed by atoms with van der Waals surface area (Å²) in [6.07, 6.45) is 3.57. The number of hydrogen-bond donors (Lipinski definition) is 1. The van der Waals surface area contributed by atoms with Crippen molar-refractivity contribution in [3.8, 4) is 0 Å². The van der Waals surface area contributed by atoms with E-state index < -0.39 is 5.97 Å². The molecule has 0 aromatic rings. The number of methoxy groups -OCH3 is 1.